The summed E-state index contributed by atoms with van der Waals surface area (Å²) >= 11 is 0. The van der Waals surface area contributed by atoms with E-state index in [9.17, 15) is 4.79 Å². The van der Waals surface area contributed by atoms with Crippen LogP contribution in [0.25, 0.3) is 0 Å². The van der Waals surface area contributed by atoms with Gasteiger partial charge in [0.1, 0.15) is 23.0 Å². The lowest BCUT2D eigenvalue weighted by Crippen LogP contribution is -2.38. The highest BCUT2D eigenvalue weighted by Crippen LogP contribution is 2.31. The van der Waals surface area contributed by atoms with Crippen LogP contribution in [0.4, 0.5) is 5.82 Å². The molecule has 2 aliphatic rings. The second kappa shape index (κ2) is 8.34. The molecule has 0 unspecified atom stereocenters. The molecule has 0 spiro atoms. The van der Waals surface area contributed by atoms with Crippen LogP contribution in [0.15, 0.2) is 4.52 Å². The van der Waals surface area contributed by atoms with Crippen LogP contribution < -0.4 is 5.32 Å². The minimum Gasteiger partial charge on any atom is -0.373 e. The van der Waals surface area contributed by atoms with Crippen molar-refractivity contribution in [1.82, 2.24) is 24.9 Å². The summed E-state index contributed by atoms with van der Waals surface area (Å²) in [6.07, 6.45) is 2.88. The molecule has 0 saturated carbocycles. The number of nitrogens with one attached hydrogen (secondary N) is 1. The van der Waals surface area contributed by atoms with Crippen molar-refractivity contribution in [2.45, 2.75) is 58.4 Å². The molecule has 1 fully saturated rings. The van der Waals surface area contributed by atoms with Crippen molar-refractivity contribution < 1.29 is 9.32 Å². The Bertz CT molecular complexity index is 930. The summed E-state index contributed by atoms with van der Waals surface area (Å²) in [5.74, 6) is 2.88. The first-order valence-corrected chi connectivity index (χ1v) is 10.9. The van der Waals surface area contributed by atoms with Crippen molar-refractivity contribution in [1.29, 1.82) is 0 Å². The summed E-state index contributed by atoms with van der Waals surface area (Å²) in [4.78, 5) is 27.4. The Balaban J connectivity index is 1.62. The number of aromatic nitrogens is 3. The number of hydrogen-bond donors (Lipinski definition) is 1. The van der Waals surface area contributed by atoms with Gasteiger partial charge in [0.2, 0.25) is 0 Å². The molecule has 4 heterocycles. The molecule has 8 heteroatoms. The summed E-state index contributed by atoms with van der Waals surface area (Å²) in [7, 11) is 4.07. The van der Waals surface area contributed by atoms with Crippen LogP contribution in [-0.2, 0) is 13.0 Å². The molecule has 4 rings (SSSR count). The normalized spacial score (nSPS) is 18.0. The van der Waals surface area contributed by atoms with E-state index in [0.717, 1.165) is 60.9 Å². The maximum Gasteiger partial charge on any atom is 0.259 e. The maximum absolute atomic E-state index is 13.4. The minimum atomic E-state index is -0.0199. The zero-order chi connectivity index (χ0) is 21.4. The minimum absolute atomic E-state index is 0.0199. The fraction of sp³-hybridized carbons (Fsp3) is 0.636. The number of nitrogens with zero attached hydrogens (tertiary/aromatic N) is 5. The molecule has 0 atom stereocenters. The number of carbonyl (C=O) groups is 1. The average molecular weight is 413 g/mol. The molecular formula is C22H32N6O2. The first-order valence-electron chi connectivity index (χ1n) is 10.9. The predicted molar refractivity (Wildman–Crippen MR) is 115 cm³/mol. The summed E-state index contributed by atoms with van der Waals surface area (Å²) in [5, 5.41) is 7.38. The van der Waals surface area contributed by atoms with Gasteiger partial charge in [-0.25, -0.2) is 9.97 Å². The van der Waals surface area contributed by atoms with E-state index in [2.05, 4.69) is 22.4 Å². The van der Waals surface area contributed by atoms with Gasteiger partial charge in [-0.2, -0.15) is 0 Å². The smallest absolute Gasteiger partial charge is 0.259 e. The van der Waals surface area contributed by atoms with Crippen LogP contribution >= 0.6 is 0 Å². The number of hydrogen-bond acceptors (Lipinski definition) is 7. The Morgan fingerprint density at radius 2 is 1.93 bits per heavy atom. The number of piperidine rings is 1. The number of likely N-dealkylation sites (tertiary alicyclic amines) is 1. The van der Waals surface area contributed by atoms with Crippen LogP contribution in [0.5, 0.6) is 0 Å². The Morgan fingerprint density at radius 3 is 2.60 bits per heavy atom. The van der Waals surface area contributed by atoms with Crippen LogP contribution in [0.1, 0.15) is 77.4 Å². The van der Waals surface area contributed by atoms with Gasteiger partial charge in [-0.05, 0) is 52.2 Å². The lowest BCUT2D eigenvalue weighted by molar-refractivity contribution is 0.0728. The van der Waals surface area contributed by atoms with Crippen LogP contribution in [0.2, 0.25) is 0 Å². The monoisotopic (exact) mass is 412 g/mol. The van der Waals surface area contributed by atoms with E-state index >= 15 is 0 Å². The molecule has 30 heavy (non-hydrogen) atoms. The highest BCUT2D eigenvalue weighted by molar-refractivity contribution is 5.96. The third kappa shape index (κ3) is 3.80. The Morgan fingerprint density at radius 1 is 1.20 bits per heavy atom. The highest BCUT2D eigenvalue weighted by atomic mass is 16.5. The van der Waals surface area contributed by atoms with E-state index in [0.29, 0.717) is 30.3 Å². The van der Waals surface area contributed by atoms with Crippen molar-refractivity contribution in [3.63, 3.8) is 0 Å². The van der Waals surface area contributed by atoms with E-state index in [-0.39, 0.29) is 11.8 Å². The van der Waals surface area contributed by atoms with Crippen molar-refractivity contribution in [3.05, 3.63) is 34.1 Å². The first kappa shape index (κ1) is 20.8. The average Bonchev–Trinajstić information content (AvgIpc) is 3.14. The number of amides is 1. The van der Waals surface area contributed by atoms with Gasteiger partial charge in [0.15, 0.2) is 0 Å². The molecule has 2 aromatic heterocycles. The highest BCUT2D eigenvalue weighted by Gasteiger charge is 2.31. The van der Waals surface area contributed by atoms with Gasteiger partial charge in [-0.1, -0.05) is 19.0 Å². The number of aryl methyl sites for hydroxylation is 1. The van der Waals surface area contributed by atoms with Gasteiger partial charge in [-0.15, -0.1) is 0 Å². The van der Waals surface area contributed by atoms with Crippen molar-refractivity contribution in [2.75, 3.05) is 39.0 Å². The summed E-state index contributed by atoms with van der Waals surface area (Å²) < 4.78 is 5.34. The summed E-state index contributed by atoms with van der Waals surface area (Å²) in [6.45, 7) is 9.13. The third-order valence-electron chi connectivity index (χ3n) is 6.34. The Kier molecular flexibility index (Phi) is 5.77. The molecule has 0 aromatic carbocycles. The Hall–Kier alpha value is -2.48. The maximum atomic E-state index is 13.4. The number of anilines is 1. The Labute approximate surface area is 178 Å². The summed E-state index contributed by atoms with van der Waals surface area (Å²) in [6, 6.07) is 0. The van der Waals surface area contributed by atoms with Gasteiger partial charge in [-0.3, -0.25) is 4.79 Å². The van der Waals surface area contributed by atoms with Crippen molar-refractivity contribution in [3.8, 4) is 0 Å². The van der Waals surface area contributed by atoms with Crippen LogP contribution in [-0.4, -0.2) is 64.6 Å². The standard InChI is InChI=1S/C22H32N6O2/c1-13(2)19-18(14(3)30-26-19)22(29)28-11-8-16-17(12-28)24-20(25-21(16)23-4)15-6-9-27(5)10-7-15/h13,15H,6-12H2,1-5H3,(H,23,24,25). The second-order valence-electron chi connectivity index (χ2n) is 8.81. The number of fused-ring (bicyclic) bond motifs is 1. The molecule has 0 aliphatic carbocycles. The van der Waals surface area contributed by atoms with Crippen molar-refractivity contribution in [2.24, 2.45) is 0 Å². The molecule has 1 saturated heterocycles. The number of carbonyl (C=O) groups excluding carboxylic acids is 1. The van der Waals surface area contributed by atoms with Crippen molar-refractivity contribution >= 4 is 11.7 Å². The largest absolute Gasteiger partial charge is 0.373 e. The molecule has 0 bridgehead atoms. The molecule has 8 nitrogen and oxygen atoms in total. The topological polar surface area (TPSA) is 87.4 Å². The third-order valence-corrected chi connectivity index (χ3v) is 6.34. The van der Waals surface area contributed by atoms with E-state index in [4.69, 9.17) is 14.5 Å². The van der Waals surface area contributed by atoms with E-state index in [1.54, 1.807) is 0 Å². The van der Waals surface area contributed by atoms with E-state index in [1.165, 1.54) is 0 Å². The van der Waals surface area contributed by atoms with Gasteiger partial charge in [0, 0.05) is 25.1 Å². The van der Waals surface area contributed by atoms with Gasteiger partial charge >= 0.3 is 0 Å². The molecule has 0 radical (unpaired) electrons. The molecule has 1 N–H and O–H groups in total. The number of rotatable bonds is 4. The second-order valence-corrected chi connectivity index (χ2v) is 8.81. The zero-order valence-electron chi connectivity index (χ0n) is 18.7. The lowest BCUT2D eigenvalue weighted by atomic mass is 9.95. The molecule has 1 amide bonds. The van der Waals surface area contributed by atoms with Gasteiger partial charge < -0.3 is 19.6 Å². The zero-order valence-corrected chi connectivity index (χ0v) is 18.7. The quantitative estimate of drug-likeness (QED) is 0.826. The van der Waals surface area contributed by atoms with Gasteiger partial charge in [0.25, 0.3) is 5.91 Å². The predicted octanol–water partition coefficient (Wildman–Crippen LogP) is 2.95. The molecule has 162 valence electrons. The molecule has 2 aliphatic heterocycles. The van der Waals surface area contributed by atoms with E-state index in [1.807, 2.05) is 32.7 Å². The fourth-order valence-corrected chi connectivity index (χ4v) is 4.48. The fourth-order valence-electron chi connectivity index (χ4n) is 4.48. The van der Waals surface area contributed by atoms with Crippen LogP contribution in [0.3, 0.4) is 0 Å². The SMILES string of the molecule is CNc1nc(C2CCN(C)CC2)nc2c1CCN(C(=O)c1c(C(C)C)noc1C)C2. The lowest BCUT2D eigenvalue weighted by Gasteiger charge is -2.32. The van der Waals surface area contributed by atoms with E-state index < -0.39 is 0 Å². The van der Waals surface area contributed by atoms with Gasteiger partial charge in [0.05, 0.1) is 17.9 Å². The molecular weight excluding hydrogens is 380 g/mol. The first-order chi connectivity index (χ1) is 14.4. The molecule has 2 aromatic rings. The summed E-state index contributed by atoms with van der Waals surface area (Å²) in [5.41, 5.74) is 3.42. The van der Waals surface area contributed by atoms with Crippen LogP contribution in [0, 0.1) is 6.92 Å².